The number of hydrogen-bond donors (Lipinski definition) is 0. The number of allylic oxidation sites excluding steroid dienone is 5. The van der Waals surface area contributed by atoms with Crippen LogP contribution in [-0.4, -0.2) is 0 Å². The molecule has 136 valence electrons. The number of benzene rings is 1. The van der Waals surface area contributed by atoms with Crippen molar-refractivity contribution in [3.63, 3.8) is 0 Å². The van der Waals surface area contributed by atoms with Crippen molar-refractivity contribution in [2.24, 2.45) is 5.41 Å². The molecule has 0 amide bonds. The van der Waals surface area contributed by atoms with Crippen LogP contribution < -0.4 is 0 Å². The van der Waals surface area contributed by atoms with Crippen LogP contribution in [0.5, 0.6) is 0 Å². The van der Waals surface area contributed by atoms with E-state index in [9.17, 15) is 8.78 Å². The molecule has 2 heteroatoms. The van der Waals surface area contributed by atoms with Crippen LogP contribution in [0.1, 0.15) is 70.3 Å². The van der Waals surface area contributed by atoms with Crippen LogP contribution >= 0.6 is 0 Å². The van der Waals surface area contributed by atoms with Crippen molar-refractivity contribution in [2.45, 2.75) is 64.7 Å². The third-order valence-corrected chi connectivity index (χ3v) is 5.05. The van der Waals surface area contributed by atoms with Crippen LogP contribution in [0.15, 0.2) is 60.7 Å². The van der Waals surface area contributed by atoms with Crippen molar-refractivity contribution in [1.82, 2.24) is 0 Å². The average molecular weight is 344 g/mol. The molecule has 0 radical (unpaired) electrons. The first kappa shape index (κ1) is 19.6. The quantitative estimate of drug-likeness (QED) is 0.378. The largest absolute Gasteiger partial charge is 0.267 e. The first-order chi connectivity index (χ1) is 12.2. The Morgan fingerprint density at radius 1 is 1.00 bits per heavy atom. The Morgan fingerprint density at radius 3 is 2.28 bits per heavy atom. The lowest BCUT2D eigenvalue weighted by Gasteiger charge is -2.29. The van der Waals surface area contributed by atoms with Crippen LogP contribution in [0.3, 0.4) is 0 Å². The van der Waals surface area contributed by atoms with E-state index in [2.05, 4.69) is 25.1 Å². The Bertz CT molecular complexity index is 594. The molecule has 1 aliphatic rings. The topological polar surface area (TPSA) is 0 Å². The summed E-state index contributed by atoms with van der Waals surface area (Å²) in [5.41, 5.74) is 1.76. The lowest BCUT2D eigenvalue weighted by atomic mass is 9.75. The molecule has 1 atom stereocenters. The molecule has 0 nitrogen and oxygen atoms in total. The molecule has 0 saturated heterocycles. The Morgan fingerprint density at radius 2 is 1.68 bits per heavy atom. The minimum atomic E-state index is -1.57. The molecule has 0 aliphatic heterocycles. The van der Waals surface area contributed by atoms with Crippen LogP contribution in [0, 0.1) is 5.41 Å². The van der Waals surface area contributed by atoms with E-state index in [1.807, 2.05) is 30.4 Å². The first-order valence-electron chi connectivity index (χ1n) is 9.64. The Balaban J connectivity index is 1.91. The van der Waals surface area contributed by atoms with Gasteiger partial charge in [-0.3, -0.25) is 0 Å². The molecule has 2 rings (SSSR count). The maximum Gasteiger partial charge on any atom is 0.267 e. The molecular formula is C23H30F2. The van der Waals surface area contributed by atoms with E-state index in [1.54, 1.807) is 0 Å². The molecule has 0 spiro atoms. The van der Waals surface area contributed by atoms with Gasteiger partial charge in [-0.1, -0.05) is 100 Å². The summed E-state index contributed by atoms with van der Waals surface area (Å²) < 4.78 is 26.0. The van der Waals surface area contributed by atoms with Crippen molar-refractivity contribution in [3.8, 4) is 0 Å². The van der Waals surface area contributed by atoms with E-state index in [4.69, 9.17) is 0 Å². The molecule has 0 saturated carbocycles. The second-order valence-electron chi connectivity index (χ2n) is 7.10. The highest BCUT2D eigenvalue weighted by atomic mass is 19.3. The maximum atomic E-state index is 13.0. The Labute approximate surface area is 151 Å². The summed E-state index contributed by atoms with van der Waals surface area (Å²) in [6.45, 7) is 2.22. The van der Waals surface area contributed by atoms with Gasteiger partial charge in [-0.15, -0.1) is 0 Å². The van der Waals surface area contributed by atoms with Crippen LogP contribution in [-0.2, 0) is 0 Å². The van der Waals surface area contributed by atoms with Crippen LogP contribution in [0.25, 0.3) is 5.57 Å². The number of hydrogen-bond acceptors (Lipinski definition) is 0. The van der Waals surface area contributed by atoms with Gasteiger partial charge in [0, 0.05) is 5.41 Å². The van der Waals surface area contributed by atoms with Crippen molar-refractivity contribution < 1.29 is 8.78 Å². The fourth-order valence-corrected chi connectivity index (χ4v) is 3.53. The summed E-state index contributed by atoms with van der Waals surface area (Å²) in [6.07, 6.45) is 15.6. The molecule has 1 aliphatic carbocycles. The molecule has 25 heavy (non-hydrogen) atoms. The Kier molecular flexibility index (Phi) is 8.11. The van der Waals surface area contributed by atoms with E-state index in [1.165, 1.54) is 38.2 Å². The molecular weight excluding hydrogens is 314 g/mol. The Hall–Kier alpha value is -1.70. The van der Waals surface area contributed by atoms with Crippen molar-refractivity contribution in [3.05, 3.63) is 66.3 Å². The molecule has 1 unspecified atom stereocenters. The third-order valence-electron chi connectivity index (χ3n) is 5.05. The molecule has 0 bridgehead atoms. The maximum absolute atomic E-state index is 13.0. The zero-order chi connectivity index (χ0) is 18.0. The van der Waals surface area contributed by atoms with Gasteiger partial charge in [0.05, 0.1) is 0 Å². The second kappa shape index (κ2) is 10.3. The highest BCUT2D eigenvalue weighted by Crippen LogP contribution is 2.40. The standard InChI is InChI=1S/C23H30F2/c1-2-3-4-5-6-7-11-16-23(19-22(24)25)17-14-21(15-18-23)20-12-9-8-10-13-20/h8-10,12-15,17,19H,2-7,11,16,18H2,1H3. The smallest absolute Gasteiger partial charge is 0.174 e. The SMILES string of the molecule is CCCCCCCCCC1(C=C(F)F)C=CC(c2ccccc2)=CC1. The van der Waals surface area contributed by atoms with Crippen LogP contribution in [0.2, 0.25) is 0 Å². The minimum absolute atomic E-state index is 0.513. The van der Waals surface area contributed by atoms with E-state index in [0.717, 1.165) is 30.4 Å². The highest BCUT2D eigenvalue weighted by molar-refractivity contribution is 5.75. The van der Waals surface area contributed by atoms with Gasteiger partial charge in [0.25, 0.3) is 6.08 Å². The van der Waals surface area contributed by atoms with Gasteiger partial charge < -0.3 is 0 Å². The lowest BCUT2D eigenvalue weighted by Crippen LogP contribution is -2.17. The summed E-state index contributed by atoms with van der Waals surface area (Å²) >= 11 is 0. The monoisotopic (exact) mass is 344 g/mol. The van der Waals surface area contributed by atoms with Gasteiger partial charge in [-0.2, -0.15) is 8.78 Å². The summed E-state index contributed by atoms with van der Waals surface area (Å²) in [5.74, 6) is 0. The fourth-order valence-electron chi connectivity index (χ4n) is 3.53. The van der Waals surface area contributed by atoms with Crippen molar-refractivity contribution in [1.29, 1.82) is 0 Å². The van der Waals surface area contributed by atoms with E-state index >= 15 is 0 Å². The van der Waals surface area contributed by atoms with E-state index in [0.29, 0.717) is 6.42 Å². The van der Waals surface area contributed by atoms with Crippen molar-refractivity contribution in [2.75, 3.05) is 0 Å². The predicted octanol–water partition coefficient (Wildman–Crippen LogP) is 7.94. The number of halogens is 2. The molecule has 0 fully saturated rings. The summed E-state index contributed by atoms with van der Waals surface area (Å²) in [6, 6.07) is 10.1. The predicted molar refractivity (Wildman–Crippen MR) is 104 cm³/mol. The van der Waals surface area contributed by atoms with Crippen LogP contribution in [0.4, 0.5) is 8.78 Å². The fraction of sp³-hybridized carbons (Fsp3) is 0.478. The molecule has 0 heterocycles. The summed E-state index contributed by atoms with van der Waals surface area (Å²) in [5, 5.41) is 0. The second-order valence-corrected chi connectivity index (χ2v) is 7.10. The van der Waals surface area contributed by atoms with Crippen molar-refractivity contribution >= 4 is 5.57 Å². The molecule has 1 aromatic carbocycles. The zero-order valence-electron chi connectivity index (χ0n) is 15.3. The zero-order valence-corrected chi connectivity index (χ0v) is 15.3. The normalized spacial score (nSPS) is 19.6. The molecule has 0 aromatic heterocycles. The minimum Gasteiger partial charge on any atom is -0.174 e. The van der Waals surface area contributed by atoms with Gasteiger partial charge in [0.2, 0.25) is 0 Å². The van der Waals surface area contributed by atoms with E-state index in [-0.39, 0.29) is 0 Å². The average Bonchev–Trinajstić information content (AvgIpc) is 2.62. The van der Waals surface area contributed by atoms with Gasteiger partial charge in [0.15, 0.2) is 0 Å². The van der Waals surface area contributed by atoms with Gasteiger partial charge >= 0.3 is 0 Å². The molecule has 0 N–H and O–H groups in total. The number of unbranched alkanes of at least 4 members (excludes halogenated alkanes) is 6. The number of rotatable bonds is 10. The summed E-state index contributed by atoms with van der Waals surface area (Å²) in [4.78, 5) is 0. The van der Waals surface area contributed by atoms with Gasteiger partial charge in [0.1, 0.15) is 0 Å². The third kappa shape index (κ3) is 6.61. The van der Waals surface area contributed by atoms with Gasteiger partial charge in [-0.05, 0) is 30.1 Å². The lowest BCUT2D eigenvalue weighted by molar-refractivity contribution is 0.365. The van der Waals surface area contributed by atoms with E-state index < -0.39 is 11.5 Å². The molecule has 1 aromatic rings. The van der Waals surface area contributed by atoms with Gasteiger partial charge in [-0.25, -0.2) is 0 Å². The highest BCUT2D eigenvalue weighted by Gasteiger charge is 2.27. The first-order valence-corrected chi connectivity index (χ1v) is 9.64. The summed E-state index contributed by atoms with van der Waals surface area (Å²) in [7, 11) is 0.